The number of thiazole rings is 1. The lowest BCUT2D eigenvalue weighted by Gasteiger charge is -2.14. The van der Waals surface area contributed by atoms with Crippen LogP contribution in [0.3, 0.4) is 0 Å². The third-order valence-electron chi connectivity index (χ3n) is 2.52. The molecule has 0 unspecified atom stereocenters. The summed E-state index contributed by atoms with van der Waals surface area (Å²) in [7, 11) is 1.69. The van der Waals surface area contributed by atoms with Crippen LogP contribution in [-0.4, -0.2) is 24.5 Å². The first kappa shape index (κ1) is 14.0. The van der Waals surface area contributed by atoms with Crippen molar-refractivity contribution in [1.82, 2.24) is 4.98 Å². The molecule has 1 aromatic carbocycles. The van der Waals surface area contributed by atoms with Gasteiger partial charge in [0.25, 0.3) is 5.91 Å². The number of ether oxygens (including phenoxy) is 1. The van der Waals surface area contributed by atoms with Crippen LogP contribution in [0, 0.1) is 6.92 Å². The summed E-state index contributed by atoms with van der Waals surface area (Å²) in [6.07, 6.45) is 1.67. The molecule has 19 heavy (non-hydrogen) atoms. The minimum Gasteiger partial charge on any atom is -0.483 e. The Morgan fingerprint density at radius 3 is 2.95 bits per heavy atom. The summed E-state index contributed by atoms with van der Waals surface area (Å²) in [4.78, 5) is 17.5. The maximum atomic E-state index is 11.9. The zero-order valence-electron chi connectivity index (χ0n) is 10.6. The second kappa shape index (κ2) is 6.16. The topological polar surface area (TPSA) is 42.4 Å². The van der Waals surface area contributed by atoms with Gasteiger partial charge in [-0.05, 0) is 40.5 Å². The van der Waals surface area contributed by atoms with E-state index >= 15 is 0 Å². The minimum atomic E-state index is -0.137. The van der Waals surface area contributed by atoms with Gasteiger partial charge >= 0.3 is 0 Å². The van der Waals surface area contributed by atoms with E-state index in [2.05, 4.69) is 20.9 Å². The van der Waals surface area contributed by atoms with Gasteiger partial charge in [-0.15, -0.1) is 11.3 Å². The molecule has 100 valence electrons. The predicted molar refractivity (Wildman–Crippen MR) is 79.9 cm³/mol. The molecule has 0 fully saturated rings. The average molecular weight is 341 g/mol. The second-order valence-electron chi connectivity index (χ2n) is 3.99. The van der Waals surface area contributed by atoms with Crippen LogP contribution in [0.25, 0.3) is 0 Å². The smallest absolute Gasteiger partial charge is 0.266 e. The molecule has 1 aromatic heterocycles. The van der Waals surface area contributed by atoms with Gasteiger partial charge in [-0.25, -0.2) is 4.98 Å². The lowest BCUT2D eigenvalue weighted by molar-refractivity contribution is -0.120. The number of anilines is 1. The Bertz CT molecular complexity index is 572. The molecule has 0 aliphatic rings. The molecular weight excluding hydrogens is 328 g/mol. The number of aromatic nitrogens is 1. The molecule has 6 heteroatoms. The standard InChI is InChI=1S/C13H13BrN2O2S/c1-9-3-4-11(10(14)7-9)18-8-12(17)16(2)13-15-5-6-19-13/h3-7H,8H2,1-2H3. The van der Waals surface area contributed by atoms with Gasteiger partial charge < -0.3 is 4.74 Å². The summed E-state index contributed by atoms with van der Waals surface area (Å²) in [5.41, 5.74) is 1.13. The van der Waals surface area contributed by atoms with Crippen molar-refractivity contribution in [3.8, 4) is 5.75 Å². The number of carbonyl (C=O) groups excluding carboxylic acids is 1. The van der Waals surface area contributed by atoms with Crippen molar-refractivity contribution in [1.29, 1.82) is 0 Å². The lowest BCUT2D eigenvalue weighted by atomic mass is 10.2. The third-order valence-corrected chi connectivity index (χ3v) is 3.99. The Hall–Kier alpha value is -1.40. The first-order valence-electron chi connectivity index (χ1n) is 5.63. The molecular formula is C13H13BrN2O2S. The van der Waals surface area contributed by atoms with Gasteiger partial charge in [0.15, 0.2) is 11.7 Å². The normalized spacial score (nSPS) is 10.3. The van der Waals surface area contributed by atoms with E-state index in [1.54, 1.807) is 13.2 Å². The largest absolute Gasteiger partial charge is 0.483 e. The Morgan fingerprint density at radius 1 is 1.53 bits per heavy atom. The third kappa shape index (κ3) is 3.54. The number of halogens is 1. The number of hydrogen-bond acceptors (Lipinski definition) is 4. The predicted octanol–water partition coefficient (Wildman–Crippen LogP) is 3.26. The summed E-state index contributed by atoms with van der Waals surface area (Å²) < 4.78 is 6.36. The molecule has 0 atom stereocenters. The van der Waals surface area contributed by atoms with Gasteiger partial charge in [0.1, 0.15) is 5.75 Å². The molecule has 0 bridgehead atoms. The zero-order valence-corrected chi connectivity index (χ0v) is 13.0. The van der Waals surface area contributed by atoms with Crippen molar-refractivity contribution >= 4 is 38.3 Å². The minimum absolute atomic E-state index is 0.0161. The summed E-state index contributed by atoms with van der Waals surface area (Å²) in [5, 5.41) is 2.49. The fraction of sp³-hybridized carbons (Fsp3) is 0.231. The van der Waals surface area contributed by atoms with Crippen LogP contribution < -0.4 is 9.64 Å². The van der Waals surface area contributed by atoms with Crippen LogP contribution >= 0.6 is 27.3 Å². The van der Waals surface area contributed by atoms with E-state index in [-0.39, 0.29) is 12.5 Å². The summed E-state index contributed by atoms with van der Waals surface area (Å²) >= 11 is 4.83. The van der Waals surface area contributed by atoms with E-state index < -0.39 is 0 Å². The van der Waals surface area contributed by atoms with E-state index in [4.69, 9.17) is 4.74 Å². The van der Waals surface area contributed by atoms with E-state index in [9.17, 15) is 4.79 Å². The fourth-order valence-corrected chi connectivity index (χ4v) is 2.68. The molecule has 0 saturated carbocycles. The highest BCUT2D eigenvalue weighted by molar-refractivity contribution is 9.10. The molecule has 0 saturated heterocycles. The summed E-state index contributed by atoms with van der Waals surface area (Å²) in [5.74, 6) is 0.522. The van der Waals surface area contributed by atoms with Crippen LogP contribution in [0.15, 0.2) is 34.2 Å². The molecule has 2 aromatic rings. The molecule has 1 heterocycles. The molecule has 4 nitrogen and oxygen atoms in total. The van der Waals surface area contributed by atoms with Crippen LogP contribution in [0.2, 0.25) is 0 Å². The Kier molecular flexibility index (Phi) is 4.55. The van der Waals surface area contributed by atoms with E-state index in [1.165, 1.54) is 16.2 Å². The number of nitrogens with zero attached hydrogens (tertiary/aromatic N) is 2. The van der Waals surface area contributed by atoms with Crippen LogP contribution in [-0.2, 0) is 4.79 Å². The van der Waals surface area contributed by atoms with Crippen molar-refractivity contribution in [2.45, 2.75) is 6.92 Å². The molecule has 0 aliphatic carbocycles. The molecule has 0 N–H and O–H groups in total. The highest BCUT2D eigenvalue weighted by atomic mass is 79.9. The number of benzene rings is 1. The van der Waals surface area contributed by atoms with Gasteiger partial charge in [-0.1, -0.05) is 6.07 Å². The van der Waals surface area contributed by atoms with Crippen molar-refractivity contribution in [2.75, 3.05) is 18.6 Å². The summed E-state index contributed by atoms with van der Waals surface area (Å²) in [6, 6.07) is 5.73. The fourth-order valence-electron chi connectivity index (χ4n) is 1.45. The van der Waals surface area contributed by atoms with Crippen LogP contribution in [0.1, 0.15) is 5.56 Å². The van der Waals surface area contributed by atoms with Crippen molar-refractivity contribution in [3.05, 3.63) is 39.8 Å². The zero-order chi connectivity index (χ0) is 13.8. The summed E-state index contributed by atoms with van der Waals surface area (Å²) in [6.45, 7) is 1.98. The molecule has 1 amide bonds. The maximum Gasteiger partial charge on any atom is 0.266 e. The van der Waals surface area contributed by atoms with Crippen molar-refractivity contribution < 1.29 is 9.53 Å². The monoisotopic (exact) mass is 340 g/mol. The molecule has 2 rings (SSSR count). The van der Waals surface area contributed by atoms with Gasteiger partial charge in [0.2, 0.25) is 0 Å². The van der Waals surface area contributed by atoms with Crippen molar-refractivity contribution in [3.63, 3.8) is 0 Å². The Morgan fingerprint density at radius 2 is 2.32 bits per heavy atom. The Balaban J connectivity index is 1.97. The number of amides is 1. The van der Waals surface area contributed by atoms with E-state index in [0.29, 0.717) is 10.9 Å². The van der Waals surface area contributed by atoms with Crippen LogP contribution in [0.5, 0.6) is 5.75 Å². The molecule has 0 radical (unpaired) electrons. The number of carbonyl (C=O) groups is 1. The first-order chi connectivity index (χ1) is 9.08. The quantitative estimate of drug-likeness (QED) is 0.857. The highest BCUT2D eigenvalue weighted by Crippen LogP contribution is 2.25. The number of rotatable bonds is 4. The van der Waals surface area contributed by atoms with Gasteiger partial charge in [0.05, 0.1) is 4.47 Å². The Labute approximate surface area is 124 Å². The van der Waals surface area contributed by atoms with Gasteiger partial charge in [-0.3, -0.25) is 9.69 Å². The molecule has 0 aliphatic heterocycles. The highest BCUT2D eigenvalue weighted by Gasteiger charge is 2.14. The first-order valence-corrected chi connectivity index (χ1v) is 7.30. The SMILES string of the molecule is Cc1ccc(OCC(=O)N(C)c2nccs2)c(Br)c1. The van der Waals surface area contributed by atoms with Crippen LogP contribution in [0.4, 0.5) is 5.13 Å². The van der Waals surface area contributed by atoms with Gasteiger partial charge in [0, 0.05) is 18.6 Å². The lowest BCUT2D eigenvalue weighted by Crippen LogP contribution is -2.31. The number of hydrogen-bond donors (Lipinski definition) is 0. The average Bonchev–Trinajstić information content (AvgIpc) is 2.90. The molecule has 0 spiro atoms. The van der Waals surface area contributed by atoms with Gasteiger partial charge in [-0.2, -0.15) is 0 Å². The second-order valence-corrected chi connectivity index (χ2v) is 5.72. The van der Waals surface area contributed by atoms with E-state index in [1.807, 2.05) is 30.5 Å². The number of likely N-dealkylation sites (N-methyl/N-ethyl adjacent to an activating group) is 1. The number of aryl methyl sites for hydroxylation is 1. The van der Waals surface area contributed by atoms with E-state index in [0.717, 1.165) is 10.0 Å². The maximum absolute atomic E-state index is 11.9. The van der Waals surface area contributed by atoms with Crippen molar-refractivity contribution in [2.24, 2.45) is 0 Å².